The van der Waals surface area contributed by atoms with Crippen LogP contribution in [0.4, 0.5) is 4.79 Å². The lowest BCUT2D eigenvalue weighted by molar-refractivity contribution is -0.145. The van der Waals surface area contributed by atoms with E-state index < -0.39 is 23.6 Å². The molecule has 1 heterocycles. The fourth-order valence-corrected chi connectivity index (χ4v) is 3.64. The Morgan fingerprint density at radius 3 is 2.35 bits per heavy atom. The lowest BCUT2D eigenvalue weighted by atomic mass is 9.87. The highest BCUT2D eigenvalue weighted by Crippen LogP contribution is 2.27. The molecule has 0 radical (unpaired) electrons. The van der Waals surface area contributed by atoms with Crippen LogP contribution in [0, 0.1) is 5.92 Å². The molecule has 2 aliphatic rings. The lowest BCUT2D eigenvalue weighted by Gasteiger charge is -2.42. The number of rotatable bonds is 3. The highest BCUT2D eigenvalue weighted by Gasteiger charge is 2.38. The zero-order valence-corrected chi connectivity index (χ0v) is 14.5. The molecule has 6 heteroatoms. The van der Waals surface area contributed by atoms with E-state index >= 15 is 0 Å². The molecule has 1 saturated carbocycles. The minimum Gasteiger partial charge on any atom is -0.481 e. The van der Waals surface area contributed by atoms with Crippen molar-refractivity contribution in [3.63, 3.8) is 0 Å². The summed E-state index contributed by atoms with van der Waals surface area (Å²) < 4.78 is 5.26. The number of ether oxygens (including phenoxy) is 1. The predicted molar refractivity (Wildman–Crippen MR) is 87.3 cm³/mol. The van der Waals surface area contributed by atoms with Gasteiger partial charge in [-0.05, 0) is 40.0 Å². The number of carbonyl (C=O) groups excluding carboxylic acids is 1. The van der Waals surface area contributed by atoms with Gasteiger partial charge in [0.15, 0.2) is 0 Å². The summed E-state index contributed by atoms with van der Waals surface area (Å²) in [4.78, 5) is 25.9. The van der Waals surface area contributed by atoms with Crippen molar-refractivity contribution in [2.24, 2.45) is 5.92 Å². The number of nitrogens with one attached hydrogen (secondary N) is 1. The number of piperidine rings is 1. The lowest BCUT2D eigenvalue weighted by Crippen LogP contribution is -2.56. The van der Waals surface area contributed by atoms with Gasteiger partial charge in [-0.2, -0.15) is 0 Å². The molecule has 1 aliphatic carbocycles. The van der Waals surface area contributed by atoms with E-state index in [2.05, 4.69) is 10.2 Å². The van der Waals surface area contributed by atoms with Gasteiger partial charge in [-0.25, -0.2) is 4.79 Å². The van der Waals surface area contributed by atoms with Crippen molar-refractivity contribution in [1.82, 2.24) is 10.2 Å². The average Bonchev–Trinajstić information content (AvgIpc) is 2.46. The van der Waals surface area contributed by atoms with E-state index in [4.69, 9.17) is 4.74 Å². The number of nitrogens with zero attached hydrogens (tertiary/aromatic N) is 1. The van der Waals surface area contributed by atoms with Crippen molar-refractivity contribution in [3.05, 3.63) is 0 Å². The van der Waals surface area contributed by atoms with Crippen LogP contribution in [0.2, 0.25) is 0 Å². The van der Waals surface area contributed by atoms with Crippen LogP contribution >= 0.6 is 0 Å². The standard InChI is InChI=1S/C17H30N2O4/c1-17(2,3)23-16(22)18-14-9-10-19(11-13(14)15(20)21)12-7-5-4-6-8-12/h12-14H,4-11H2,1-3H3,(H,18,22)(H,20,21)/t13-,14-/m1/s1. The third-order valence-electron chi connectivity index (χ3n) is 4.75. The van der Waals surface area contributed by atoms with E-state index in [1.54, 1.807) is 20.8 Å². The number of carboxylic acids is 1. The highest BCUT2D eigenvalue weighted by molar-refractivity contribution is 5.74. The Labute approximate surface area is 138 Å². The number of hydrogen-bond acceptors (Lipinski definition) is 4. The maximum atomic E-state index is 11.9. The summed E-state index contributed by atoms with van der Waals surface area (Å²) in [6.07, 6.45) is 6.21. The van der Waals surface area contributed by atoms with Gasteiger partial charge in [-0.1, -0.05) is 19.3 Å². The van der Waals surface area contributed by atoms with Gasteiger partial charge >= 0.3 is 12.1 Å². The molecule has 2 N–H and O–H groups in total. The van der Waals surface area contributed by atoms with Gasteiger partial charge in [0.25, 0.3) is 0 Å². The summed E-state index contributed by atoms with van der Waals surface area (Å²) in [7, 11) is 0. The van der Waals surface area contributed by atoms with Crippen molar-refractivity contribution in [2.75, 3.05) is 13.1 Å². The zero-order valence-electron chi connectivity index (χ0n) is 14.5. The Kier molecular flexibility index (Phi) is 5.89. The molecule has 0 aromatic carbocycles. The van der Waals surface area contributed by atoms with E-state index in [1.165, 1.54) is 19.3 Å². The van der Waals surface area contributed by atoms with E-state index in [0.717, 1.165) is 19.4 Å². The van der Waals surface area contributed by atoms with Gasteiger partial charge in [0, 0.05) is 25.2 Å². The van der Waals surface area contributed by atoms with Crippen molar-refractivity contribution >= 4 is 12.1 Å². The average molecular weight is 326 g/mol. The fourth-order valence-electron chi connectivity index (χ4n) is 3.64. The molecule has 2 fully saturated rings. The quantitative estimate of drug-likeness (QED) is 0.833. The third kappa shape index (κ3) is 5.37. The summed E-state index contributed by atoms with van der Waals surface area (Å²) in [5, 5.41) is 12.3. The Morgan fingerprint density at radius 2 is 1.78 bits per heavy atom. The first-order valence-corrected chi connectivity index (χ1v) is 8.72. The predicted octanol–water partition coefficient (Wildman–Crippen LogP) is 2.62. The second-order valence-electron chi connectivity index (χ2n) is 7.77. The number of amides is 1. The molecule has 0 bridgehead atoms. The molecule has 1 amide bonds. The fraction of sp³-hybridized carbons (Fsp3) is 0.882. The molecule has 6 nitrogen and oxygen atoms in total. The van der Waals surface area contributed by atoms with Crippen LogP contribution in [-0.4, -0.2) is 52.8 Å². The van der Waals surface area contributed by atoms with Crippen molar-refractivity contribution in [2.45, 2.75) is 77.0 Å². The Morgan fingerprint density at radius 1 is 1.13 bits per heavy atom. The topological polar surface area (TPSA) is 78.9 Å². The number of likely N-dealkylation sites (tertiary alicyclic amines) is 1. The van der Waals surface area contributed by atoms with Crippen molar-refractivity contribution in [3.8, 4) is 0 Å². The van der Waals surface area contributed by atoms with Gasteiger partial charge in [-0.3, -0.25) is 9.69 Å². The summed E-state index contributed by atoms with van der Waals surface area (Å²) in [6.45, 7) is 6.75. The molecule has 1 saturated heterocycles. The van der Waals surface area contributed by atoms with E-state index in [0.29, 0.717) is 19.0 Å². The molecule has 1 aliphatic heterocycles. The molecule has 0 aromatic rings. The normalized spacial score (nSPS) is 27.4. The van der Waals surface area contributed by atoms with Crippen molar-refractivity contribution in [1.29, 1.82) is 0 Å². The van der Waals surface area contributed by atoms with Gasteiger partial charge in [0.1, 0.15) is 5.60 Å². The summed E-state index contributed by atoms with van der Waals surface area (Å²) >= 11 is 0. The first-order valence-electron chi connectivity index (χ1n) is 8.72. The Bertz CT molecular complexity index is 427. The second kappa shape index (κ2) is 7.51. The van der Waals surface area contributed by atoms with Gasteiger partial charge in [0.05, 0.1) is 5.92 Å². The number of carboxylic acid groups (broad SMARTS) is 1. The summed E-state index contributed by atoms with van der Waals surface area (Å²) in [5.74, 6) is -1.41. The molecule has 0 spiro atoms. The van der Waals surface area contributed by atoms with Crippen LogP contribution in [0.15, 0.2) is 0 Å². The van der Waals surface area contributed by atoms with Crippen LogP contribution in [0.5, 0.6) is 0 Å². The minimum atomic E-state index is -0.841. The van der Waals surface area contributed by atoms with Crippen LogP contribution in [-0.2, 0) is 9.53 Å². The smallest absolute Gasteiger partial charge is 0.407 e. The van der Waals surface area contributed by atoms with Crippen LogP contribution in [0.3, 0.4) is 0 Å². The molecule has 0 unspecified atom stereocenters. The highest BCUT2D eigenvalue weighted by atomic mass is 16.6. The molecule has 132 valence electrons. The number of carbonyl (C=O) groups is 2. The first-order chi connectivity index (χ1) is 10.8. The molecule has 0 aromatic heterocycles. The largest absolute Gasteiger partial charge is 0.481 e. The monoisotopic (exact) mass is 326 g/mol. The molecule has 2 rings (SSSR count). The van der Waals surface area contributed by atoms with E-state index in [1.807, 2.05) is 0 Å². The van der Waals surface area contributed by atoms with Gasteiger partial charge < -0.3 is 15.2 Å². The second-order valence-corrected chi connectivity index (χ2v) is 7.77. The van der Waals surface area contributed by atoms with Crippen LogP contribution < -0.4 is 5.32 Å². The number of aliphatic carboxylic acids is 1. The van der Waals surface area contributed by atoms with Crippen LogP contribution in [0.25, 0.3) is 0 Å². The van der Waals surface area contributed by atoms with Gasteiger partial charge in [-0.15, -0.1) is 0 Å². The Balaban J connectivity index is 1.94. The molecule has 23 heavy (non-hydrogen) atoms. The summed E-state index contributed by atoms with van der Waals surface area (Å²) in [5.41, 5.74) is -0.578. The zero-order chi connectivity index (χ0) is 17.0. The third-order valence-corrected chi connectivity index (χ3v) is 4.75. The summed E-state index contributed by atoms with van der Waals surface area (Å²) in [6, 6.07) is 0.148. The van der Waals surface area contributed by atoms with Gasteiger partial charge in [0.2, 0.25) is 0 Å². The SMILES string of the molecule is CC(C)(C)OC(=O)N[C@@H]1CCN(C2CCCCC2)C[C@H]1C(=O)O. The van der Waals surface area contributed by atoms with Crippen molar-refractivity contribution < 1.29 is 19.4 Å². The first kappa shape index (κ1) is 18.0. The maximum absolute atomic E-state index is 11.9. The van der Waals surface area contributed by atoms with E-state index in [9.17, 15) is 14.7 Å². The minimum absolute atomic E-state index is 0.359. The molecule has 2 atom stereocenters. The molecular weight excluding hydrogens is 296 g/mol. The number of alkyl carbamates (subject to hydrolysis) is 1. The maximum Gasteiger partial charge on any atom is 0.407 e. The molecular formula is C17H30N2O4. The Hall–Kier alpha value is -1.30. The van der Waals surface area contributed by atoms with E-state index in [-0.39, 0.29) is 6.04 Å². The number of hydrogen-bond donors (Lipinski definition) is 2. The van der Waals surface area contributed by atoms with Crippen LogP contribution in [0.1, 0.15) is 59.3 Å².